The summed E-state index contributed by atoms with van der Waals surface area (Å²) in [7, 11) is -1.97. The summed E-state index contributed by atoms with van der Waals surface area (Å²) in [5, 5.41) is 8.43. The van der Waals surface area contributed by atoms with Crippen molar-refractivity contribution < 1.29 is 27.1 Å². The van der Waals surface area contributed by atoms with Gasteiger partial charge in [-0.25, -0.2) is 12.8 Å². The number of nitrogens with one attached hydrogen (secondary N) is 1. The highest BCUT2D eigenvalue weighted by atomic mass is 32.2. The van der Waals surface area contributed by atoms with Crippen molar-refractivity contribution in [3.8, 4) is 0 Å². The molecule has 11 heteroatoms. The predicted molar refractivity (Wildman–Crippen MR) is 137 cm³/mol. The maximum absolute atomic E-state index is 14.5. The third kappa shape index (κ3) is 5.99. The summed E-state index contributed by atoms with van der Waals surface area (Å²) in [6.45, 7) is 4.41. The van der Waals surface area contributed by atoms with Gasteiger partial charge in [0, 0.05) is 56.7 Å². The summed E-state index contributed by atoms with van der Waals surface area (Å²) in [5.74, 6) is -1.13. The van der Waals surface area contributed by atoms with Crippen LogP contribution in [0.25, 0.3) is 10.9 Å². The van der Waals surface area contributed by atoms with E-state index in [4.69, 9.17) is 4.74 Å². The fourth-order valence-electron chi connectivity index (χ4n) is 4.64. The number of methoxy groups -OCH3 is 1. The Bertz CT molecular complexity index is 1430. The van der Waals surface area contributed by atoms with Gasteiger partial charge in [-0.3, -0.25) is 14.3 Å². The SMILES string of the molecule is COCCNC(=O)c1ccc2nn(CC3CCN(C(=O)c4ccc(S(C)(=O)=O)cc4F)CC3)cc2c1C. The second-order valence-electron chi connectivity index (χ2n) is 9.42. The van der Waals surface area contributed by atoms with Crippen molar-refractivity contribution in [1.29, 1.82) is 0 Å². The van der Waals surface area contributed by atoms with Crippen LogP contribution in [0.2, 0.25) is 0 Å². The first kappa shape index (κ1) is 26.7. The van der Waals surface area contributed by atoms with Crippen molar-refractivity contribution >= 4 is 32.6 Å². The number of hydrogen-bond donors (Lipinski definition) is 1. The summed E-state index contributed by atoms with van der Waals surface area (Å²) in [6.07, 6.45) is 4.42. The van der Waals surface area contributed by atoms with Gasteiger partial charge in [0.1, 0.15) is 5.82 Å². The number of nitrogens with zero attached hydrogens (tertiary/aromatic N) is 3. The molecule has 0 radical (unpaired) electrons. The normalized spacial score (nSPS) is 14.8. The summed E-state index contributed by atoms with van der Waals surface area (Å²) >= 11 is 0. The number of sulfone groups is 1. The van der Waals surface area contributed by atoms with Gasteiger partial charge in [0.25, 0.3) is 11.8 Å². The number of likely N-dealkylation sites (tertiary alicyclic amines) is 1. The highest BCUT2D eigenvalue weighted by Crippen LogP contribution is 2.25. The summed E-state index contributed by atoms with van der Waals surface area (Å²) < 4.78 is 44.6. The average Bonchev–Trinajstić information content (AvgIpc) is 3.27. The fraction of sp³-hybridized carbons (Fsp3) is 0.423. The molecule has 0 aliphatic carbocycles. The Morgan fingerprint density at radius 3 is 2.51 bits per heavy atom. The lowest BCUT2D eigenvalue weighted by molar-refractivity contribution is 0.0676. The van der Waals surface area contributed by atoms with Crippen molar-refractivity contribution in [2.24, 2.45) is 5.92 Å². The molecule has 0 unspecified atom stereocenters. The molecule has 9 nitrogen and oxygen atoms in total. The summed E-state index contributed by atoms with van der Waals surface area (Å²) in [4.78, 5) is 26.8. The molecule has 37 heavy (non-hydrogen) atoms. The first-order chi connectivity index (χ1) is 17.6. The monoisotopic (exact) mass is 530 g/mol. The molecule has 1 aliphatic heterocycles. The van der Waals surface area contributed by atoms with Crippen molar-refractivity contribution in [2.75, 3.05) is 39.6 Å². The molecule has 1 fully saturated rings. The minimum absolute atomic E-state index is 0.123. The van der Waals surface area contributed by atoms with Crippen LogP contribution in [-0.4, -0.2) is 74.5 Å². The number of aromatic nitrogens is 2. The molecule has 0 saturated carbocycles. The molecule has 0 atom stereocenters. The van der Waals surface area contributed by atoms with Crippen LogP contribution in [0.4, 0.5) is 4.39 Å². The third-order valence-corrected chi connectivity index (χ3v) is 7.90. The van der Waals surface area contributed by atoms with E-state index in [1.165, 1.54) is 12.1 Å². The highest BCUT2D eigenvalue weighted by Gasteiger charge is 2.26. The number of carbonyl (C=O) groups excluding carboxylic acids is 2. The number of carbonyl (C=O) groups is 2. The molecule has 2 amide bonds. The standard InChI is InChI=1S/C26H31FN4O5S/c1-17-20(25(32)28-10-13-36-2)6-7-24-22(17)16-31(29-24)15-18-8-11-30(12-9-18)26(33)21-5-4-19(14-23(21)27)37(3,34)35/h4-7,14,16,18H,8-13,15H2,1-3H3,(H,28,32). The van der Waals surface area contributed by atoms with E-state index in [9.17, 15) is 22.4 Å². The second-order valence-corrected chi connectivity index (χ2v) is 11.4. The summed E-state index contributed by atoms with van der Waals surface area (Å²) in [5.41, 5.74) is 2.16. The Morgan fingerprint density at radius 2 is 1.86 bits per heavy atom. The lowest BCUT2D eigenvalue weighted by Crippen LogP contribution is -2.39. The van der Waals surface area contributed by atoms with Gasteiger partial charge in [0.05, 0.1) is 22.6 Å². The quantitative estimate of drug-likeness (QED) is 0.449. The lowest BCUT2D eigenvalue weighted by atomic mass is 9.96. The molecule has 1 saturated heterocycles. The van der Waals surface area contributed by atoms with Gasteiger partial charge in [-0.05, 0) is 61.6 Å². The Hall–Kier alpha value is -3.31. The first-order valence-electron chi connectivity index (χ1n) is 12.1. The zero-order valence-corrected chi connectivity index (χ0v) is 22.0. The number of piperidine rings is 1. The van der Waals surface area contributed by atoms with Crippen molar-refractivity contribution in [2.45, 2.75) is 31.2 Å². The van der Waals surface area contributed by atoms with Crippen molar-refractivity contribution in [3.05, 3.63) is 59.0 Å². The van der Waals surface area contributed by atoms with Crippen molar-refractivity contribution in [1.82, 2.24) is 20.0 Å². The summed E-state index contributed by atoms with van der Waals surface area (Å²) in [6, 6.07) is 7.02. The van der Waals surface area contributed by atoms with Crippen LogP contribution in [0.5, 0.6) is 0 Å². The van der Waals surface area contributed by atoms with Crippen LogP contribution in [0.15, 0.2) is 41.4 Å². The average molecular weight is 531 g/mol. The van der Waals surface area contributed by atoms with Gasteiger partial charge in [0.15, 0.2) is 9.84 Å². The fourth-order valence-corrected chi connectivity index (χ4v) is 5.27. The molecule has 1 aliphatic rings. The third-order valence-electron chi connectivity index (χ3n) is 6.79. The molecule has 198 valence electrons. The number of amides is 2. The Balaban J connectivity index is 1.38. The number of benzene rings is 2. The number of halogens is 1. The molecular formula is C26H31FN4O5S. The minimum atomic E-state index is -3.55. The van der Waals surface area contributed by atoms with E-state index in [1.54, 1.807) is 18.1 Å². The van der Waals surface area contributed by atoms with Gasteiger partial charge in [0.2, 0.25) is 0 Å². The van der Waals surface area contributed by atoms with Gasteiger partial charge in [-0.15, -0.1) is 0 Å². The largest absolute Gasteiger partial charge is 0.383 e. The van der Waals surface area contributed by atoms with Crippen molar-refractivity contribution in [3.63, 3.8) is 0 Å². The minimum Gasteiger partial charge on any atom is -0.383 e. The molecule has 2 heterocycles. The number of fused-ring (bicyclic) bond motifs is 1. The second kappa shape index (κ2) is 11.0. The number of hydrogen-bond acceptors (Lipinski definition) is 6. The van der Waals surface area contributed by atoms with Gasteiger partial charge >= 0.3 is 0 Å². The van der Waals surface area contributed by atoms with E-state index in [1.807, 2.05) is 23.9 Å². The molecule has 0 bridgehead atoms. The van der Waals surface area contributed by atoms with Gasteiger partial charge < -0.3 is 15.0 Å². The molecule has 4 rings (SSSR count). The van der Waals surface area contributed by atoms with E-state index in [-0.39, 0.29) is 22.3 Å². The van der Waals surface area contributed by atoms with Crippen LogP contribution < -0.4 is 5.32 Å². The Morgan fingerprint density at radius 1 is 1.16 bits per heavy atom. The van der Waals surface area contributed by atoms with Gasteiger partial charge in [-0.1, -0.05) is 0 Å². The molecular weight excluding hydrogens is 499 g/mol. The zero-order chi connectivity index (χ0) is 26.7. The van der Waals surface area contributed by atoms with Crippen LogP contribution in [-0.2, 0) is 21.1 Å². The number of ether oxygens (including phenoxy) is 1. The van der Waals surface area contributed by atoms with E-state index in [2.05, 4.69) is 10.4 Å². The van der Waals surface area contributed by atoms with Crippen LogP contribution >= 0.6 is 0 Å². The van der Waals surface area contributed by atoms with E-state index in [0.717, 1.165) is 41.6 Å². The maximum Gasteiger partial charge on any atom is 0.256 e. The zero-order valence-electron chi connectivity index (χ0n) is 21.2. The lowest BCUT2D eigenvalue weighted by Gasteiger charge is -2.32. The highest BCUT2D eigenvalue weighted by molar-refractivity contribution is 7.90. The molecule has 0 spiro atoms. The molecule has 1 aromatic heterocycles. The topological polar surface area (TPSA) is 111 Å². The molecule has 3 aromatic rings. The van der Waals surface area contributed by atoms with E-state index < -0.39 is 21.6 Å². The Kier molecular flexibility index (Phi) is 7.93. The van der Waals surface area contributed by atoms with Crippen LogP contribution in [0.1, 0.15) is 39.1 Å². The first-order valence-corrected chi connectivity index (χ1v) is 14.0. The van der Waals surface area contributed by atoms with E-state index >= 15 is 0 Å². The van der Waals surface area contributed by atoms with E-state index in [0.29, 0.717) is 38.3 Å². The molecule has 2 aromatic carbocycles. The Labute approximate surface area is 215 Å². The smallest absolute Gasteiger partial charge is 0.256 e. The predicted octanol–water partition coefficient (Wildman–Crippen LogP) is 2.82. The number of aryl methyl sites for hydroxylation is 1. The van der Waals surface area contributed by atoms with Gasteiger partial charge in [-0.2, -0.15) is 5.10 Å². The van der Waals surface area contributed by atoms with Crippen LogP contribution in [0, 0.1) is 18.7 Å². The number of rotatable bonds is 8. The molecule has 1 N–H and O–H groups in total. The van der Waals surface area contributed by atoms with Crippen LogP contribution in [0.3, 0.4) is 0 Å². The maximum atomic E-state index is 14.5.